The van der Waals surface area contributed by atoms with E-state index in [0.717, 1.165) is 17.5 Å². The molecule has 0 spiro atoms. The Morgan fingerprint density at radius 2 is 1.81 bits per heavy atom. The Hall–Kier alpha value is -3.12. The smallest absolute Gasteiger partial charge is 0.295 e. The molecule has 2 aromatic carbocycles. The minimum absolute atomic E-state index is 0.123. The molecule has 0 aliphatic carbocycles. The summed E-state index contributed by atoms with van der Waals surface area (Å²) in [5.74, 6) is -0.719. The maximum atomic E-state index is 13.0. The van der Waals surface area contributed by atoms with Crippen LogP contribution in [-0.2, 0) is 16.0 Å². The summed E-state index contributed by atoms with van der Waals surface area (Å²) in [6.07, 6.45) is 0.895. The maximum Gasteiger partial charge on any atom is 0.295 e. The van der Waals surface area contributed by atoms with Gasteiger partial charge in [-0.25, -0.2) is 0 Å². The van der Waals surface area contributed by atoms with Crippen molar-refractivity contribution < 1.29 is 19.4 Å². The van der Waals surface area contributed by atoms with Gasteiger partial charge in [0.15, 0.2) is 0 Å². The number of aliphatic hydroxyl groups is 1. The molecule has 1 aliphatic rings. The molecule has 1 N–H and O–H groups in total. The zero-order valence-electron chi connectivity index (χ0n) is 18.8. The predicted molar refractivity (Wildman–Crippen MR) is 121 cm³/mol. The van der Waals surface area contributed by atoms with E-state index in [0.29, 0.717) is 24.4 Å². The fraction of sp³-hybridized carbons (Fsp3) is 0.360. The Balaban J connectivity index is 2.14. The number of benzene rings is 2. The molecule has 1 saturated heterocycles. The van der Waals surface area contributed by atoms with Crippen LogP contribution in [0, 0.1) is 6.92 Å². The van der Waals surface area contributed by atoms with Crippen LogP contribution in [0.2, 0.25) is 0 Å². The number of likely N-dealkylation sites (N-methyl/N-ethyl adjacent to an activating group) is 1. The van der Waals surface area contributed by atoms with Crippen molar-refractivity contribution in [2.75, 3.05) is 34.3 Å². The molecule has 3 rings (SSSR count). The molecule has 6 nitrogen and oxygen atoms in total. The number of Topliss-reactive ketones (excluding diaryl/α,β-unsaturated/α-hetero) is 1. The number of ether oxygens (including phenoxy) is 1. The molecule has 1 amide bonds. The number of hydrogen-bond acceptors (Lipinski definition) is 5. The van der Waals surface area contributed by atoms with Crippen molar-refractivity contribution >= 4 is 17.4 Å². The van der Waals surface area contributed by atoms with Crippen molar-refractivity contribution in [2.45, 2.75) is 26.3 Å². The van der Waals surface area contributed by atoms with Gasteiger partial charge in [0.25, 0.3) is 11.7 Å². The van der Waals surface area contributed by atoms with E-state index in [2.05, 4.69) is 6.92 Å². The van der Waals surface area contributed by atoms with Crippen molar-refractivity contribution in [3.63, 3.8) is 0 Å². The number of ketones is 1. The van der Waals surface area contributed by atoms with Gasteiger partial charge < -0.3 is 19.6 Å². The van der Waals surface area contributed by atoms with Gasteiger partial charge in [0.1, 0.15) is 11.5 Å². The lowest BCUT2D eigenvalue weighted by Gasteiger charge is -2.26. The Morgan fingerprint density at radius 1 is 1.13 bits per heavy atom. The molecule has 1 aliphatic heterocycles. The third kappa shape index (κ3) is 4.49. The highest BCUT2D eigenvalue weighted by Crippen LogP contribution is 2.39. The molecule has 0 saturated carbocycles. The average molecular weight is 423 g/mol. The molecule has 1 atom stereocenters. The first-order chi connectivity index (χ1) is 14.8. The maximum absolute atomic E-state index is 13.0. The van der Waals surface area contributed by atoms with Gasteiger partial charge >= 0.3 is 0 Å². The lowest BCUT2D eigenvalue weighted by Crippen LogP contribution is -2.35. The quantitative estimate of drug-likeness (QED) is 0.420. The van der Waals surface area contributed by atoms with Crippen LogP contribution in [0.25, 0.3) is 5.76 Å². The molecule has 1 heterocycles. The number of amides is 1. The second kappa shape index (κ2) is 9.35. The number of carbonyl (C=O) groups excluding carboxylic acids is 2. The fourth-order valence-corrected chi connectivity index (χ4v) is 3.88. The van der Waals surface area contributed by atoms with Gasteiger partial charge in [-0.2, -0.15) is 0 Å². The van der Waals surface area contributed by atoms with Crippen LogP contribution >= 0.6 is 0 Å². The van der Waals surface area contributed by atoms with E-state index in [1.165, 1.54) is 5.56 Å². The lowest BCUT2D eigenvalue weighted by atomic mass is 9.94. The number of nitrogens with zero attached hydrogens (tertiary/aromatic N) is 2. The zero-order chi connectivity index (χ0) is 22.7. The molecule has 6 heteroatoms. The summed E-state index contributed by atoms with van der Waals surface area (Å²) in [7, 11) is 5.42. The molecule has 2 aromatic rings. The first-order valence-corrected chi connectivity index (χ1v) is 10.5. The number of carbonyl (C=O) groups is 2. The fourth-order valence-electron chi connectivity index (χ4n) is 3.88. The standard InChI is InChI=1S/C25H30N2O4/c1-6-17-7-9-18(10-8-17)22-21(24(29)25(30)27(22)14-13-26(3)4)23(28)19-11-12-20(31-5)16(2)15-19/h7-12,15,22,28H,6,13-14H2,1-5H3/t22-/m0/s1. The summed E-state index contributed by atoms with van der Waals surface area (Å²) >= 11 is 0. The van der Waals surface area contributed by atoms with E-state index in [-0.39, 0.29) is 11.3 Å². The van der Waals surface area contributed by atoms with Crippen molar-refractivity contribution in [1.29, 1.82) is 0 Å². The Morgan fingerprint density at radius 3 is 2.35 bits per heavy atom. The molecular weight excluding hydrogens is 392 g/mol. The largest absolute Gasteiger partial charge is 0.507 e. The number of aryl methyl sites for hydroxylation is 2. The van der Waals surface area contributed by atoms with Gasteiger partial charge in [0.05, 0.1) is 18.7 Å². The van der Waals surface area contributed by atoms with E-state index in [9.17, 15) is 14.7 Å². The van der Waals surface area contributed by atoms with Crippen LogP contribution in [0.4, 0.5) is 0 Å². The third-order valence-electron chi connectivity index (χ3n) is 5.70. The van der Waals surface area contributed by atoms with Crippen LogP contribution in [0.15, 0.2) is 48.0 Å². The third-order valence-corrected chi connectivity index (χ3v) is 5.70. The number of methoxy groups -OCH3 is 1. The first-order valence-electron chi connectivity index (χ1n) is 10.5. The van der Waals surface area contributed by atoms with E-state index in [4.69, 9.17) is 4.74 Å². The van der Waals surface area contributed by atoms with Gasteiger partial charge in [-0.1, -0.05) is 31.2 Å². The molecule has 0 unspecified atom stereocenters. The number of aliphatic hydroxyl groups excluding tert-OH is 1. The van der Waals surface area contributed by atoms with E-state index < -0.39 is 17.7 Å². The summed E-state index contributed by atoms with van der Waals surface area (Å²) < 4.78 is 5.30. The summed E-state index contributed by atoms with van der Waals surface area (Å²) in [5.41, 5.74) is 3.41. The highest BCUT2D eigenvalue weighted by Gasteiger charge is 2.45. The number of hydrogen-bond donors (Lipinski definition) is 1. The zero-order valence-corrected chi connectivity index (χ0v) is 18.8. The van der Waals surface area contributed by atoms with Gasteiger partial charge in [-0.3, -0.25) is 9.59 Å². The van der Waals surface area contributed by atoms with Gasteiger partial charge in [0.2, 0.25) is 0 Å². The highest BCUT2D eigenvalue weighted by molar-refractivity contribution is 6.46. The van der Waals surface area contributed by atoms with Gasteiger partial charge in [-0.15, -0.1) is 0 Å². The summed E-state index contributed by atoms with van der Waals surface area (Å²) in [6.45, 7) is 4.94. The van der Waals surface area contributed by atoms with Crippen LogP contribution < -0.4 is 4.74 Å². The molecule has 0 aromatic heterocycles. The average Bonchev–Trinajstić information content (AvgIpc) is 3.01. The molecule has 0 bridgehead atoms. The Bertz CT molecular complexity index is 1010. The molecule has 31 heavy (non-hydrogen) atoms. The highest BCUT2D eigenvalue weighted by atomic mass is 16.5. The van der Waals surface area contributed by atoms with Crippen molar-refractivity contribution in [2.24, 2.45) is 0 Å². The predicted octanol–water partition coefficient (Wildman–Crippen LogP) is 3.55. The van der Waals surface area contributed by atoms with Crippen LogP contribution in [0.5, 0.6) is 5.75 Å². The molecule has 1 fully saturated rings. The van der Waals surface area contributed by atoms with E-state index in [1.54, 1.807) is 30.2 Å². The minimum atomic E-state index is -0.658. The SMILES string of the molecule is CCc1ccc([C@H]2C(=C(O)c3ccc(OC)c(C)c3)C(=O)C(=O)N2CCN(C)C)cc1. The second-order valence-corrected chi connectivity index (χ2v) is 8.08. The Labute approximate surface area is 183 Å². The molecule has 0 radical (unpaired) electrons. The number of likely N-dealkylation sites (tertiary alicyclic amines) is 1. The van der Waals surface area contributed by atoms with E-state index >= 15 is 0 Å². The van der Waals surface area contributed by atoms with Crippen molar-refractivity contribution in [3.05, 3.63) is 70.3 Å². The normalized spacial score (nSPS) is 18.1. The molecule has 164 valence electrons. The topological polar surface area (TPSA) is 70.1 Å². The Kier molecular flexibility index (Phi) is 6.81. The summed E-state index contributed by atoms with van der Waals surface area (Å²) in [4.78, 5) is 29.5. The minimum Gasteiger partial charge on any atom is -0.507 e. The van der Waals surface area contributed by atoms with E-state index in [1.807, 2.05) is 50.2 Å². The second-order valence-electron chi connectivity index (χ2n) is 8.08. The summed E-state index contributed by atoms with van der Waals surface area (Å²) in [6, 6.07) is 12.4. The lowest BCUT2D eigenvalue weighted by molar-refractivity contribution is -0.140. The van der Waals surface area contributed by atoms with Crippen molar-refractivity contribution in [3.8, 4) is 5.75 Å². The van der Waals surface area contributed by atoms with Crippen LogP contribution in [0.1, 0.15) is 35.2 Å². The van der Waals surface area contributed by atoms with Gasteiger partial charge in [-0.05, 0) is 62.3 Å². The van der Waals surface area contributed by atoms with Crippen LogP contribution in [-0.4, -0.2) is 60.9 Å². The monoisotopic (exact) mass is 422 g/mol. The molecular formula is C25H30N2O4. The van der Waals surface area contributed by atoms with Gasteiger partial charge in [0, 0.05) is 18.7 Å². The number of rotatable bonds is 7. The van der Waals surface area contributed by atoms with Crippen molar-refractivity contribution in [1.82, 2.24) is 9.80 Å². The summed E-state index contributed by atoms with van der Waals surface area (Å²) in [5, 5.41) is 11.2. The first kappa shape index (κ1) is 22.6. The van der Waals surface area contributed by atoms with Crippen LogP contribution in [0.3, 0.4) is 0 Å².